The summed E-state index contributed by atoms with van der Waals surface area (Å²) in [6.45, 7) is 4.64. The molecule has 5 rings (SSSR count). The van der Waals surface area contributed by atoms with Gasteiger partial charge in [-0.1, -0.05) is 50.2 Å². The van der Waals surface area contributed by atoms with E-state index < -0.39 is 29.6 Å². The molecule has 1 N–H and O–H groups in total. The number of nitrogens with zero attached hydrogens (tertiary/aromatic N) is 2. The Labute approximate surface area is 202 Å². The molecular weight excluding hydrogens is 456 g/mol. The Morgan fingerprint density at radius 1 is 1.09 bits per heavy atom. The second-order valence-corrected chi connectivity index (χ2v) is 10.1. The van der Waals surface area contributed by atoms with Crippen LogP contribution < -0.4 is 0 Å². The Morgan fingerprint density at radius 2 is 1.86 bits per heavy atom. The number of alkyl halides is 3. The van der Waals surface area contributed by atoms with Crippen molar-refractivity contribution in [1.82, 2.24) is 9.88 Å². The van der Waals surface area contributed by atoms with Gasteiger partial charge in [0.2, 0.25) is 0 Å². The molecule has 1 aromatic heterocycles. The van der Waals surface area contributed by atoms with Gasteiger partial charge in [-0.3, -0.25) is 9.88 Å². The van der Waals surface area contributed by atoms with E-state index in [0.717, 1.165) is 40.6 Å². The molecule has 1 aliphatic carbocycles. The predicted octanol–water partition coefficient (Wildman–Crippen LogP) is 6.70. The van der Waals surface area contributed by atoms with Crippen LogP contribution in [0.15, 0.2) is 60.8 Å². The summed E-state index contributed by atoms with van der Waals surface area (Å²) < 4.78 is 55.7. The number of rotatable bonds is 4. The van der Waals surface area contributed by atoms with Crippen molar-refractivity contribution in [2.24, 2.45) is 0 Å². The van der Waals surface area contributed by atoms with E-state index in [1.165, 1.54) is 10.5 Å². The van der Waals surface area contributed by atoms with E-state index in [-0.39, 0.29) is 18.8 Å². The van der Waals surface area contributed by atoms with Crippen LogP contribution in [0.3, 0.4) is 0 Å². The number of aromatic nitrogens is 1. The molecule has 3 unspecified atom stereocenters. The maximum absolute atomic E-state index is 14.1. The zero-order valence-corrected chi connectivity index (χ0v) is 19.7. The van der Waals surface area contributed by atoms with Crippen LogP contribution in [0.25, 0.3) is 11.1 Å². The standard InChI is InChI=1S/C28H28F4N2O/c1-17(2)20-5-3-4-6-21(20)18-7-9-23-22(13-18)25(35)14-27(23)11-12-34(16-27)26(28(30,31)32)24-10-8-19(29)15-33-24/h3-10,13,15,17,25-26,35H,11-12,14,16H2,1-2H3. The SMILES string of the molecule is CC(C)c1ccccc1-c1ccc2c(c1)C(O)CC21CCN(C(c2ccc(F)cn2)C(F)(F)F)C1. The number of aliphatic hydroxyl groups excluding tert-OH is 1. The molecule has 1 aliphatic heterocycles. The number of fused-ring (bicyclic) bond motifs is 2. The van der Waals surface area contributed by atoms with Crippen molar-refractivity contribution in [3.63, 3.8) is 0 Å². The summed E-state index contributed by atoms with van der Waals surface area (Å²) in [5, 5.41) is 11.0. The van der Waals surface area contributed by atoms with E-state index in [4.69, 9.17) is 0 Å². The van der Waals surface area contributed by atoms with Crippen LogP contribution in [0.2, 0.25) is 0 Å². The van der Waals surface area contributed by atoms with Gasteiger partial charge in [0.25, 0.3) is 0 Å². The van der Waals surface area contributed by atoms with Crippen LogP contribution in [-0.4, -0.2) is 34.3 Å². The van der Waals surface area contributed by atoms with Gasteiger partial charge in [-0.2, -0.15) is 13.2 Å². The van der Waals surface area contributed by atoms with Gasteiger partial charge in [-0.15, -0.1) is 0 Å². The van der Waals surface area contributed by atoms with Gasteiger partial charge in [0.15, 0.2) is 0 Å². The number of benzene rings is 2. The molecule has 7 heteroatoms. The third kappa shape index (κ3) is 4.25. The molecule has 3 nitrogen and oxygen atoms in total. The average molecular weight is 485 g/mol. The normalized spacial score (nSPS) is 23.3. The summed E-state index contributed by atoms with van der Waals surface area (Å²) in [4.78, 5) is 5.12. The predicted molar refractivity (Wildman–Crippen MR) is 126 cm³/mol. The Kier molecular flexibility index (Phi) is 5.96. The highest BCUT2D eigenvalue weighted by molar-refractivity contribution is 5.70. The van der Waals surface area contributed by atoms with Gasteiger partial charge in [0.05, 0.1) is 18.0 Å². The first-order valence-electron chi connectivity index (χ1n) is 11.9. The molecule has 184 valence electrons. The molecule has 0 bridgehead atoms. The minimum absolute atomic E-state index is 0.155. The quantitative estimate of drug-likeness (QED) is 0.419. The fourth-order valence-corrected chi connectivity index (χ4v) is 5.96. The lowest BCUT2D eigenvalue weighted by molar-refractivity contribution is -0.185. The monoisotopic (exact) mass is 484 g/mol. The molecule has 35 heavy (non-hydrogen) atoms. The Hall–Kier alpha value is -2.77. The number of aliphatic hydroxyl groups is 1. The van der Waals surface area contributed by atoms with Crippen molar-refractivity contribution < 1.29 is 22.7 Å². The summed E-state index contributed by atoms with van der Waals surface area (Å²) >= 11 is 0. The molecule has 0 amide bonds. The van der Waals surface area contributed by atoms with Gasteiger partial charge in [-0.05, 0) is 64.8 Å². The number of hydrogen-bond donors (Lipinski definition) is 1. The highest BCUT2D eigenvalue weighted by Gasteiger charge is 2.54. The molecule has 2 heterocycles. The van der Waals surface area contributed by atoms with Crippen molar-refractivity contribution in [1.29, 1.82) is 0 Å². The second kappa shape index (κ2) is 8.71. The van der Waals surface area contributed by atoms with Crippen LogP contribution in [-0.2, 0) is 5.41 Å². The number of pyridine rings is 1. The minimum Gasteiger partial charge on any atom is -0.388 e. The van der Waals surface area contributed by atoms with Crippen LogP contribution in [0, 0.1) is 5.82 Å². The lowest BCUT2D eigenvalue weighted by Gasteiger charge is -2.31. The first kappa shape index (κ1) is 23.9. The minimum atomic E-state index is -4.55. The number of likely N-dealkylation sites (tertiary alicyclic amines) is 1. The average Bonchev–Trinajstić information content (AvgIpc) is 3.34. The third-order valence-electron chi connectivity index (χ3n) is 7.55. The van der Waals surface area contributed by atoms with E-state index in [2.05, 4.69) is 31.0 Å². The van der Waals surface area contributed by atoms with Crippen LogP contribution in [0.4, 0.5) is 17.6 Å². The van der Waals surface area contributed by atoms with Crippen LogP contribution >= 0.6 is 0 Å². The van der Waals surface area contributed by atoms with E-state index in [9.17, 15) is 22.7 Å². The van der Waals surface area contributed by atoms with Crippen molar-refractivity contribution in [2.45, 2.75) is 56.3 Å². The molecule has 2 aromatic carbocycles. The number of hydrogen-bond acceptors (Lipinski definition) is 3. The Bertz CT molecular complexity index is 1220. The third-order valence-corrected chi connectivity index (χ3v) is 7.55. The van der Waals surface area contributed by atoms with Gasteiger partial charge in [-0.25, -0.2) is 4.39 Å². The van der Waals surface area contributed by atoms with Crippen molar-refractivity contribution >= 4 is 0 Å². The largest absolute Gasteiger partial charge is 0.409 e. The molecular formula is C28H28F4N2O. The fraction of sp³-hybridized carbons (Fsp3) is 0.393. The summed E-state index contributed by atoms with van der Waals surface area (Å²) in [6, 6.07) is 14.4. The lowest BCUT2D eigenvalue weighted by atomic mass is 9.80. The summed E-state index contributed by atoms with van der Waals surface area (Å²) in [7, 11) is 0. The molecule has 3 atom stereocenters. The summed E-state index contributed by atoms with van der Waals surface area (Å²) in [5.74, 6) is -0.339. The van der Waals surface area contributed by atoms with Gasteiger partial charge >= 0.3 is 6.18 Å². The molecule has 0 saturated carbocycles. The summed E-state index contributed by atoms with van der Waals surface area (Å²) in [5.41, 5.74) is 4.26. The maximum Gasteiger partial charge on any atom is 0.409 e. The topological polar surface area (TPSA) is 36.4 Å². The fourth-order valence-electron chi connectivity index (χ4n) is 5.96. The Morgan fingerprint density at radius 3 is 2.54 bits per heavy atom. The van der Waals surface area contributed by atoms with Crippen LogP contribution in [0.1, 0.15) is 67.1 Å². The highest BCUT2D eigenvalue weighted by Crippen LogP contribution is 2.53. The van der Waals surface area contributed by atoms with Gasteiger partial charge < -0.3 is 5.11 Å². The maximum atomic E-state index is 14.1. The highest BCUT2D eigenvalue weighted by atomic mass is 19.4. The van der Waals surface area contributed by atoms with E-state index >= 15 is 0 Å². The first-order valence-corrected chi connectivity index (χ1v) is 11.9. The molecule has 2 aliphatic rings. The molecule has 0 radical (unpaired) electrons. The zero-order valence-electron chi connectivity index (χ0n) is 19.7. The summed E-state index contributed by atoms with van der Waals surface area (Å²) in [6.07, 6.45) is -3.57. The molecule has 1 saturated heterocycles. The number of halogens is 4. The van der Waals surface area contributed by atoms with Crippen molar-refractivity contribution in [2.75, 3.05) is 13.1 Å². The lowest BCUT2D eigenvalue weighted by Crippen LogP contribution is -2.39. The van der Waals surface area contributed by atoms with Crippen molar-refractivity contribution in [3.05, 3.63) is 89.0 Å². The first-order chi connectivity index (χ1) is 16.6. The molecule has 1 spiro atoms. The molecule has 1 fully saturated rings. The zero-order chi connectivity index (χ0) is 25.0. The molecule has 3 aromatic rings. The van der Waals surface area contributed by atoms with E-state index in [1.54, 1.807) is 0 Å². The van der Waals surface area contributed by atoms with Gasteiger partial charge in [0.1, 0.15) is 11.9 Å². The Balaban J connectivity index is 1.49. The second-order valence-electron chi connectivity index (χ2n) is 10.1. The van der Waals surface area contributed by atoms with Crippen LogP contribution in [0.5, 0.6) is 0 Å². The van der Waals surface area contributed by atoms with Gasteiger partial charge in [0, 0.05) is 18.5 Å². The van der Waals surface area contributed by atoms with Crippen molar-refractivity contribution in [3.8, 4) is 11.1 Å². The smallest absolute Gasteiger partial charge is 0.388 e. The van der Waals surface area contributed by atoms with E-state index in [0.29, 0.717) is 18.8 Å². The van der Waals surface area contributed by atoms with E-state index in [1.807, 2.05) is 30.3 Å².